The third kappa shape index (κ3) is 4.62. The molecule has 8 heteroatoms. The lowest BCUT2D eigenvalue weighted by Crippen LogP contribution is -2.22. The Bertz CT molecular complexity index is 752. The Kier molecular flexibility index (Phi) is 6.05. The first-order valence-electron chi connectivity index (χ1n) is 6.96. The Morgan fingerprint density at radius 1 is 1.29 bits per heavy atom. The minimum atomic E-state index is -0.560. The number of nitrogens with one attached hydrogen (secondary N) is 1. The molecule has 0 aliphatic heterocycles. The second kappa shape index (κ2) is 8.03. The van der Waals surface area contributed by atoms with E-state index in [1.807, 2.05) is 12.1 Å². The number of nitro groups is 1. The number of ether oxygens (including phenoxy) is 1. The van der Waals surface area contributed by atoms with Crippen LogP contribution in [0.2, 0.25) is 5.02 Å². The average Bonchev–Trinajstić information content (AvgIpc) is 2.57. The molecule has 0 spiro atoms. The molecule has 0 radical (unpaired) electrons. The van der Waals surface area contributed by atoms with Crippen molar-refractivity contribution in [1.29, 1.82) is 0 Å². The van der Waals surface area contributed by atoms with E-state index < -0.39 is 10.2 Å². The van der Waals surface area contributed by atoms with Crippen LogP contribution in [0.1, 0.15) is 6.92 Å². The number of carbonyl (C=O) groups excluding carboxylic acids is 1. The van der Waals surface area contributed by atoms with E-state index in [1.54, 1.807) is 25.1 Å². The number of halogens is 1. The molecular formula is C16H15ClN2O4S. The van der Waals surface area contributed by atoms with Crippen molar-refractivity contribution in [2.45, 2.75) is 17.1 Å². The summed E-state index contributed by atoms with van der Waals surface area (Å²) in [6.45, 7) is 1.73. The average molecular weight is 367 g/mol. The van der Waals surface area contributed by atoms with Crippen molar-refractivity contribution in [3.8, 4) is 5.75 Å². The summed E-state index contributed by atoms with van der Waals surface area (Å²) >= 11 is 7.16. The zero-order valence-corrected chi connectivity index (χ0v) is 14.6. The van der Waals surface area contributed by atoms with Crippen LogP contribution in [0.4, 0.5) is 11.4 Å². The maximum Gasteiger partial charge on any atom is 0.296 e. The Hall–Kier alpha value is -2.25. The van der Waals surface area contributed by atoms with E-state index in [1.165, 1.54) is 31.0 Å². The summed E-state index contributed by atoms with van der Waals surface area (Å²) in [5.41, 5.74) is -0.0826. The fraction of sp³-hybridized carbons (Fsp3) is 0.188. The van der Waals surface area contributed by atoms with E-state index >= 15 is 0 Å². The molecule has 0 saturated heterocycles. The maximum atomic E-state index is 12.3. The maximum absolute atomic E-state index is 12.3. The van der Waals surface area contributed by atoms with E-state index in [0.29, 0.717) is 10.8 Å². The predicted molar refractivity (Wildman–Crippen MR) is 95.0 cm³/mol. The van der Waals surface area contributed by atoms with E-state index in [-0.39, 0.29) is 17.3 Å². The number of nitro benzene ring substituents is 1. The highest BCUT2D eigenvalue weighted by Gasteiger charge is 2.20. The number of amides is 1. The van der Waals surface area contributed by atoms with E-state index in [9.17, 15) is 14.9 Å². The van der Waals surface area contributed by atoms with Gasteiger partial charge in [-0.3, -0.25) is 14.9 Å². The number of hydrogen-bond donors (Lipinski definition) is 1. The van der Waals surface area contributed by atoms with Gasteiger partial charge in [0.25, 0.3) is 5.69 Å². The summed E-state index contributed by atoms with van der Waals surface area (Å²) in [5.74, 6) is 0.0199. The number of benzene rings is 2. The molecule has 2 rings (SSSR count). The molecule has 1 N–H and O–H groups in total. The second-order valence-electron chi connectivity index (χ2n) is 4.84. The number of nitrogens with zero attached hydrogens (tertiary/aromatic N) is 1. The minimum absolute atomic E-state index is 0.134. The summed E-state index contributed by atoms with van der Waals surface area (Å²) in [6, 6.07) is 11.4. The molecular weight excluding hydrogens is 352 g/mol. The van der Waals surface area contributed by atoms with Crippen molar-refractivity contribution < 1.29 is 14.5 Å². The van der Waals surface area contributed by atoms with Crippen molar-refractivity contribution in [3.05, 3.63) is 57.6 Å². The molecule has 2 aromatic rings. The van der Waals surface area contributed by atoms with Crippen LogP contribution in [0.15, 0.2) is 47.4 Å². The predicted octanol–water partition coefficient (Wildman–Crippen LogP) is 4.38. The SMILES string of the molecule is COc1ccc(NC(=O)[C@@H](C)Sc2ccc(Cl)cc2)c([N+](=O)[O-])c1. The van der Waals surface area contributed by atoms with Gasteiger partial charge in [-0.05, 0) is 43.3 Å². The van der Waals surface area contributed by atoms with Gasteiger partial charge in [-0.2, -0.15) is 0 Å². The molecule has 24 heavy (non-hydrogen) atoms. The van der Waals surface area contributed by atoms with Gasteiger partial charge in [0.1, 0.15) is 11.4 Å². The van der Waals surface area contributed by atoms with Gasteiger partial charge in [0.05, 0.1) is 23.3 Å². The monoisotopic (exact) mass is 366 g/mol. The van der Waals surface area contributed by atoms with Gasteiger partial charge < -0.3 is 10.1 Å². The van der Waals surface area contributed by atoms with Crippen LogP contribution in [0, 0.1) is 10.1 Å². The zero-order valence-electron chi connectivity index (χ0n) is 13.0. The van der Waals surface area contributed by atoms with Crippen LogP contribution < -0.4 is 10.1 Å². The molecule has 0 saturated carbocycles. The molecule has 0 unspecified atom stereocenters. The fourth-order valence-electron chi connectivity index (χ4n) is 1.90. The summed E-state index contributed by atoms with van der Waals surface area (Å²) in [4.78, 5) is 23.8. The van der Waals surface area contributed by atoms with Gasteiger partial charge in [0, 0.05) is 9.92 Å². The number of anilines is 1. The third-order valence-corrected chi connectivity index (χ3v) is 4.52. The number of carbonyl (C=O) groups is 1. The molecule has 0 aliphatic carbocycles. The first kappa shape index (κ1) is 18.1. The van der Waals surface area contributed by atoms with Gasteiger partial charge in [-0.25, -0.2) is 0 Å². The molecule has 0 fully saturated rings. The largest absolute Gasteiger partial charge is 0.496 e. The third-order valence-electron chi connectivity index (χ3n) is 3.16. The quantitative estimate of drug-likeness (QED) is 0.466. The summed E-state index contributed by atoms with van der Waals surface area (Å²) < 4.78 is 4.97. The van der Waals surface area contributed by atoms with Crippen molar-refractivity contribution in [2.75, 3.05) is 12.4 Å². The highest BCUT2D eigenvalue weighted by Crippen LogP contribution is 2.30. The van der Waals surface area contributed by atoms with Crippen LogP contribution in [-0.4, -0.2) is 23.2 Å². The van der Waals surface area contributed by atoms with Crippen molar-refractivity contribution in [3.63, 3.8) is 0 Å². The molecule has 0 bridgehead atoms. The van der Waals surface area contributed by atoms with Crippen molar-refractivity contribution >= 4 is 40.6 Å². The molecule has 0 heterocycles. The highest BCUT2D eigenvalue weighted by molar-refractivity contribution is 8.00. The van der Waals surface area contributed by atoms with E-state index in [4.69, 9.17) is 16.3 Å². The van der Waals surface area contributed by atoms with Crippen molar-refractivity contribution in [2.24, 2.45) is 0 Å². The first-order valence-corrected chi connectivity index (χ1v) is 8.22. The van der Waals surface area contributed by atoms with Gasteiger partial charge in [0.15, 0.2) is 0 Å². The highest BCUT2D eigenvalue weighted by atomic mass is 35.5. The number of methoxy groups -OCH3 is 1. The molecule has 2 aromatic carbocycles. The Morgan fingerprint density at radius 2 is 1.96 bits per heavy atom. The summed E-state index contributed by atoms with van der Waals surface area (Å²) in [5, 5.41) is 13.9. The lowest BCUT2D eigenvalue weighted by Gasteiger charge is -2.12. The normalized spacial score (nSPS) is 11.6. The lowest BCUT2D eigenvalue weighted by atomic mass is 10.2. The van der Waals surface area contributed by atoms with Crippen molar-refractivity contribution in [1.82, 2.24) is 0 Å². The van der Waals surface area contributed by atoms with Gasteiger partial charge >= 0.3 is 0 Å². The fourth-order valence-corrected chi connectivity index (χ4v) is 2.89. The van der Waals surface area contributed by atoms with Crippen LogP contribution in [-0.2, 0) is 4.79 Å². The number of hydrogen-bond acceptors (Lipinski definition) is 5. The Labute approximate surface area is 148 Å². The molecule has 1 atom stereocenters. The lowest BCUT2D eigenvalue weighted by molar-refractivity contribution is -0.384. The van der Waals surface area contributed by atoms with Crippen LogP contribution >= 0.6 is 23.4 Å². The topological polar surface area (TPSA) is 81.5 Å². The van der Waals surface area contributed by atoms with Crippen LogP contribution in [0.5, 0.6) is 5.75 Å². The van der Waals surface area contributed by atoms with Crippen LogP contribution in [0.25, 0.3) is 0 Å². The smallest absolute Gasteiger partial charge is 0.296 e. The number of rotatable bonds is 6. The Morgan fingerprint density at radius 3 is 2.54 bits per heavy atom. The first-order chi connectivity index (χ1) is 11.4. The van der Waals surface area contributed by atoms with E-state index in [0.717, 1.165) is 4.90 Å². The Balaban J connectivity index is 2.11. The zero-order chi connectivity index (χ0) is 17.7. The molecule has 1 amide bonds. The molecule has 0 aliphatic rings. The van der Waals surface area contributed by atoms with Gasteiger partial charge in [-0.15, -0.1) is 11.8 Å². The molecule has 6 nitrogen and oxygen atoms in total. The summed E-state index contributed by atoms with van der Waals surface area (Å²) in [7, 11) is 1.42. The molecule has 126 valence electrons. The standard InChI is InChI=1S/C16H15ClN2O4S/c1-10(24-13-6-3-11(17)4-7-13)16(20)18-14-8-5-12(23-2)9-15(14)19(21)22/h3-10H,1-2H3,(H,18,20)/t10-/m1/s1. The van der Waals surface area contributed by atoms with E-state index in [2.05, 4.69) is 5.32 Å². The minimum Gasteiger partial charge on any atom is -0.496 e. The van der Waals surface area contributed by atoms with Gasteiger partial charge in [-0.1, -0.05) is 11.6 Å². The van der Waals surface area contributed by atoms with Crippen LogP contribution in [0.3, 0.4) is 0 Å². The summed E-state index contributed by atoms with van der Waals surface area (Å²) in [6.07, 6.45) is 0. The van der Waals surface area contributed by atoms with Gasteiger partial charge in [0.2, 0.25) is 5.91 Å². The molecule has 0 aromatic heterocycles. The number of thioether (sulfide) groups is 1. The second-order valence-corrected chi connectivity index (χ2v) is 6.69.